The molecule has 0 saturated carbocycles. The van der Waals surface area contributed by atoms with Crippen molar-refractivity contribution in [2.24, 2.45) is 0 Å². The maximum Gasteiger partial charge on any atom is 0.295 e. The van der Waals surface area contributed by atoms with E-state index in [9.17, 15) is 4.79 Å². The van der Waals surface area contributed by atoms with Crippen molar-refractivity contribution in [2.75, 3.05) is 5.32 Å². The molecule has 4 rings (SSSR count). The number of nitrogens with one attached hydrogen (secondary N) is 1. The van der Waals surface area contributed by atoms with Crippen LogP contribution in [-0.4, -0.2) is 20.7 Å². The lowest BCUT2D eigenvalue weighted by atomic mass is 10.1. The van der Waals surface area contributed by atoms with Crippen molar-refractivity contribution in [3.8, 4) is 17.1 Å². The van der Waals surface area contributed by atoms with Crippen molar-refractivity contribution < 1.29 is 4.79 Å². The summed E-state index contributed by atoms with van der Waals surface area (Å²) >= 11 is 3.47. The summed E-state index contributed by atoms with van der Waals surface area (Å²) in [5.41, 5.74) is 5.93. The molecule has 31 heavy (non-hydrogen) atoms. The molecule has 6 heteroatoms. The van der Waals surface area contributed by atoms with Gasteiger partial charge >= 0.3 is 0 Å². The van der Waals surface area contributed by atoms with Crippen LogP contribution < -0.4 is 5.32 Å². The molecule has 0 aliphatic heterocycles. The molecule has 1 aromatic heterocycles. The molecular formula is C25H23BrN4O. The van der Waals surface area contributed by atoms with E-state index in [2.05, 4.69) is 51.2 Å². The molecule has 0 unspecified atom stereocenters. The summed E-state index contributed by atoms with van der Waals surface area (Å²) in [4.78, 5) is 17.5. The number of benzene rings is 3. The molecule has 1 heterocycles. The SMILES string of the molecule is CCc1ccc(NC(=O)c2nc(-c3ccc(Br)cc3)n(-c3ccc(C)cc3C)n2)cc1. The van der Waals surface area contributed by atoms with Gasteiger partial charge in [0.05, 0.1) is 5.69 Å². The Balaban J connectivity index is 1.74. The van der Waals surface area contributed by atoms with Gasteiger partial charge < -0.3 is 5.32 Å². The molecule has 0 saturated heterocycles. The van der Waals surface area contributed by atoms with Gasteiger partial charge in [-0.2, -0.15) is 0 Å². The fourth-order valence-corrected chi connectivity index (χ4v) is 3.68. The topological polar surface area (TPSA) is 59.8 Å². The van der Waals surface area contributed by atoms with E-state index in [1.165, 1.54) is 11.1 Å². The smallest absolute Gasteiger partial charge is 0.295 e. The van der Waals surface area contributed by atoms with Crippen molar-refractivity contribution in [1.82, 2.24) is 14.8 Å². The van der Waals surface area contributed by atoms with Gasteiger partial charge in [0.15, 0.2) is 5.82 Å². The second kappa shape index (κ2) is 8.86. The molecule has 0 atom stereocenters. The summed E-state index contributed by atoms with van der Waals surface area (Å²) in [6.07, 6.45) is 0.951. The third-order valence-corrected chi connectivity index (χ3v) is 5.64. The fourth-order valence-electron chi connectivity index (χ4n) is 3.42. The first-order valence-electron chi connectivity index (χ1n) is 10.2. The molecule has 3 aromatic carbocycles. The number of hydrogen-bond acceptors (Lipinski definition) is 3. The molecule has 1 N–H and O–H groups in total. The largest absolute Gasteiger partial charge is 0.319 e. The van der Waals surface area contributed by atoms with Gasteiger partial charge in [0.2, 0.25) is 5.82 Å². The number of hydrogen-bond donors (Lipinski definition) is 1. The van der Waals surface area contributed by atoms with Gasteiger partial charge in [-0.25, -0.2) is 9.67 Å². The quantitative estimate of drug-likeness (QED) is 0.378. The Morgan fingerprint density at radius 3 is 2.35 bits per heavy atom. The van der Waals surface area contributed by atoms with Gasteiger partial charge in [0.25, 0.3) is 5.91 Å². The van der Waals surface area contributed by atoms with Crippen LogP contribution in [0.5, 0.6) is 0 Å². The van der Waals surface area contributed by atoms with Crippen LogP contribution in [0.1, 0.15) is 34.2 Å². The summed E-state index contributed by atoms with van der Waals surface area (Å²) < 4.78 is 2.72. The van der Waals surface area contributed by atoms with Crippen LogP contribution in [-0.2, 0) is 6.42 Å². The lowest BCUT2D eigenvalue weighted by Crippen LogP contribution is -2.14. The number of carbonyl (C=O) groups excluding carboxylic acids is 1. The van der Waals surface area contributed by atoms with Gasteiger partial charge in [-0.05, 0) is 61.7 Å². The molecule has 0 spiro atoms. The number of rotatable bonds is 5. The van der Waals surface area contributed by atoms with Crippen LogP contribution in [0.3, 0.4) is 0 Å². The second-order valence-corrected chi connectivity index (χ2v) is 8.39. The van der Waals surface area contributed by atoms with Crippen LogP contribution in [0, 0.1) is 13.8 Å². The summed E-state index contributed by atoms with van der Waals surface area (Å²) in [7, 11) is 0. The maximum absolute atomic E-state index is 12.9. The van der Waals surface area contributed by atoms with E-state index in [1.54, 1.807) is 4.68 Å². The Labute approximate surface area is 190 Å². The first kappa shape index (κ1) is 21.0. The molecule has 1 amide bonds. The van der Waals surface area contributed by atoms with Crippen molar-refractivity contribution in [3.63, 3.8) is 0 Å². The van der Waals surface area contributed by atoms with Crippen LogP contribution in [0.2, 0.25) is 0 Å². The first-order valence-corrected chi connectivity index (χ1v) is 10.9. The first-order chi connectivity index (χ1) is 14.9. The van der Waals surface area contributed by atoms with Gasteiger partial charge in [0.1, 0.15) is 0 Å². The predicted octanol–water partition coefficient (Wildman–Crippen LogP) is 6.13. The molecular weight excluding hydrogens is 452 g/mol. The van der Waals surface area contributed by atoms with E-state index in [0.29, 0.717) is 5.82 Å². The lowest BCUT2D eigenvalue weighted by Gasteiger charge is -2.10. The zero-order chi connectivity index (χ0) is 22.0. The van der Waals surface area contributed by atoms with Crippen molar-refractivity contribution in [1.29, 1.82) is 0 Å². The molecule has 0 fully saturated rings. The van der Waals surface area contributed by atoms with E-state index in [1.807, 2.05) is 67.6 Å². The van der Waals surface area contributed by atoms with Gasteiger partial charge in [0, 0.05) is 15.7 Å². The van der Waals surface area contributed by atoms with E-state index >= 15 is 0 Å². The average Bonchev–Trinajstić information content (AvgIpc) is 3.20. The minimum Gasteiger partial charge on any atom is -0.319 e. The Hall–Kier alpha value is -3.25. The van der Waals surface area contributed by atoms with E-state index < -0.39 is 0 Å². The van der Waals surface area contributed by atoms with E-state index in [-0.39, 0.29) is 11.7 Å². The Morgan fingerprint density at radius 1 is 1.00 bits per heavy atom. The number of halogens is 1. The maximum atomic E-state index is 12.9. The Kier molecular flexibility index (Phi) is 6.00. The molecule has 4 aromatic rings. The predicted molar refractivity (Wildman–Crippen MR) is 128 cm³/mol. The second-order valence-electron chi connectivity index (χ2n) is 7.47. The summed E-state index contributed by atoms with van der Waals surface area (Å²) in [6.45, 7) is 6.18. The highest BCUT2D eigenvalue weighted by Crippen LogP contribution is 2.25. The molecule has 156 valence electrons. The fraction of sp³-hybridized carbons (Fsp3) is 0.160. The minimum atomic E-state index is -0.342. The summed E-state index contributed by atoms with van der Waals surface area (Å²) in [5.74, 6) is 0.398. The number of anilines is 1. The standard InChI is InChI=1S/C25H23BrN4O/c1-4-18-6-12-21(13-7-18)27-25(31)23-28-24(19-8-10-20(26)11-9-19)30(29-23)22-14-5-16(2)15-17(22)3/h5-15H,4H2,1-3H3,(H,27,31). The van der Waals surface area contributed by atoms with Crippen molar-refractivity contribution >= 4 is 27.5 Å². The average molecular weight is 475 g/mol. The number of nitrogens with zero attached hydrogens (tertiary/aromatic N) is 3. The number of amides is 1. The highest BCUT2D eigenvalue weighted by atomic mass is 79.9. The van der Waals surface area contributed by atoms with Gasteiger partial charge in [-0.1, -0.05) is 64.8 Å². The van der Waals surface area contributed by atoms with E-state index in [0.717, 1.165) is 33.4 Å². The Bertz CT molecular complexity index is 1230. The molecule has 0 aliphatic rings. The number of carbonyl (C=O) groups is 1. The molecule has 0 radical (unpaired) electrons. The lowest BCUT2D eigenvalue weighted by molar-refractivity contribution is 0.101. The monoisotopic (exact) mass is 474 g/mol. The van der Waals surface area contributed by atoms with Crippen LogP contribution in [0.25, 0.3) is 17.1 Å². The minimum absolute atomic E-state index is 0.123. The van der Waals surface area contributed by atoms with Crippen molar-refractivity contribution in [3.05, 3.63) is 93.7 Å². The number of aromatic nitrogens is 3. The zero-order valence-electron chi connectivity index (χ0n) is 17.7. The van der Waals surface area contributed by atoms with Crippen LogP contribution in [0.15, 0.2) is 71.2 Å². The highest BCUT2D eigenvalue weighted by Gasteiger charge is 2.20. The van der Waals surface area contributed by atoms with Crippen LogP contribution in [0.4, 0.5) is 5.69 Å². The third kappa shape index (κ3) is 4.59. The summed E-state index contributed by atoms with van der Waals surface area (Å²) in [5, 5.41) is 7.48. The van der Waals surface area contributed by atoms with Crippen molar-refractivity contribution in [2.45, 2.75) is 27.2 Å². The van der Waals surface area contributed by atoms with Gasteiger partial charge in [-0.3, -0.25) is 4.79 Å². The van der Waals surface area contributed by atoms with E-state index in [4.69, 9.17) is 0 Å². The molecule has 5 nitrogen and oxygen atoms in total. The molecule has 0 aliphatic carbocycles. The van der Waals surface area contributed by atoms with Crippen LogP contribution >= 0.6 is 15.9 Å². The number of aryl methyl sites for hydroxylation is 3. The summed E-state index contributed by atoms with van der Waals surface area (Å²) in [6, 6.07) is 21.8. The normalized spacial score (nSPS) is 10.8. The zero-order valence-corrected chi connectivity index (χ0v) is 19.3. The highest BCUT2D eigenvalue weighted by molar-refractivity contribution is 9.10. The van der Waals surface area contributed by atoms with Gasteiger partial charge in [-0.15, -0.1) is 5.10 Å². The Morgan fingerprint density at radius 2 is 1.71 bits per heavy atom. The third-order valence-electron chi connectivity index (χ3n) is 5.11. The molecule has 0 bridgehead atoms.